The number of rotatable bonds is 2. The molecule has 1 aromatic carbocycles. The Morgan fingerprint density at radius 3 is 2.78 bits per heavy atom. The lowest BCUT2D eigenvalue weighted by Gasteiger charge is -2.16. The maximum absolute atomic E-state index is 11.9. The smallest absolute Gasteiger partial charge is 0.410 e. The van der Waals surface area contributed by atoms with Crippen LogP contribution in [0.15, 0.2) is 30.3 Å². The highest BCUT2D eigenvalue weighted by Gasteiger charge is 2.56. The van der Waals surface area contributed by atoms with Crippen molar-refractivity contribution in [2.24, 2.45) is 11.1 Å². The zero-order valence-corrected chi connectivity index (χ0v) is 10.3. The van der Waals surface area contributed by atoms with E-state index >= 15 is 0 Å². The Hall–Kier alpha value is -1.55. The average Bonchev–Trinajstić information content (AvgIpc) is 2.83. The van der Waals surface area contributed by atoms with Crippen LogP contribution in [-0.2, 0) is 11.3 Å². The number of ether oxygens (including phenoxy) is 1. The lowest BCUT2D eigenvalue weighted by molar-refractivity contribution is 0.102. The van der Waals surface area contributed by atoms with Gasteiger partial charge in [-0.15, -0.1) is 0 Å². The molecule has 2 aliphatic rings. The molecule has 96 valence electrons. The summed E-state index contributed by atoms with van der Waals surface area (Å²) < 4.78 is 5.31. The van der Waals surface area contributed by atoms with E-state index in [2.05, 4.69) is 0 Å². The van der Waals surface area contributed by atoms with E-state index in [1.165, 1.54) is 0 Å². The van der Waals surface area contributed by atoms with E-state index in [0.29, 0.717) is 6.61 Å². The fourth-order valence-corrected chi connectivity index (χ4v) is 2.71. The first-order valence-electron chi connectivity index (χ1n) is 6.41. The van der Waals surface area contributed by atoms with Crippen LogP contribution in [0.3, 0.4) is 0 Å². The van der Waals surface area contributed by atoms with E-state index in [0.717, 1.165) is 31.5 Å². The van der Waals surface area contributed by atoms with E-state index in [1.807, 2.05) is 30.3 Å². The van der Waals surface area contributed by atoms with Gasteiger partial charge in [0.2, 0.25) is 0 Å². The van der Waals surface area contributed by atoms with Crippen molar-refractivity contribution in [3.63, 3.8) is 0 Å². The summed E-state index contributed by atoms with van der Waals surface area (Å²) in [4.78, 5) is 13.7. The fraction of sp³-hybridized carbons (Fsp3) is 0.500. The molecule has 2 N–H and O–H groups in total. The average molecular weight is 246 g/mol. The minimum absolute atomic E-state index is 0.213. The number of nitrogens with two attached hydrogens (primary N) is 1. The fourth-order valence-electron chi connectivity index (χ4n) is 2.71. The number of benzene rings is 1. The summed E-state index contributed by atoms with van der Waals surface area (Å²) in [6, 6.07) is 10.0. The van der Waals surface area contributed by atoms with Crippen LogP contribution in [0.1, 0.15) is 18.4 Å². The number of nitrogens with zero attached hydrogens (tertiary/aromatic N) is 1. The predicted molar refractivity (Wildman–Crippen MR) is 67.8 cm³/mol. The van der Waals surface area contributed by atoms with Crippen LogP contribution in [0.2, 0.25) is 0 Å². The van der Waals surface area contributed by atoms with Gasteiger partial charge in [0.15, 0.2) is 0 Å². The van der Waals surface area contributed by atoms with Crippen LogP contribution < -0.4 is 5.73 Å². The molecule has 0 unspecified atom stereocenters. The third kappa shape index (κ3) is 2.08. The number of amides is 1. The van der Waals surface area contributed by atoms with Gasteiger partial charge < -0.3 is 15.4 Å². The summed E-state index contributed by atoms with van der Waals surface area (Å²) in [5.41, 5.74) is 7.14. The molecule has 1 amide bonds. The van der Waals surface area contributed by atoms with Gasteiger partial charge in [-0.1, -0.05) is 30.3 Å². The first kappa shape index (κ1) is 11.5. The zero-order valence-electron chi connectivity index (χ0n) is 10.3. The van der Waals surface area contributed by atoms with Gasteiger partial charge in [0, 0.05) is 24.5 Å². The summed E-state index contributed by atoms with van der Waals surface area (Å²) >= 11 is 0. The standard InChI is InChI=1S/C14H18N2O2/c15-12-8-14(12)6-7-16(10-14)13(17)18-9-11-4-2-1-3-5-11/h1-5,12H,6-10,15H2/t12-,14+/m1/s1. The Labute approximate surface area is 107 Å². The van der Waals surface area contributed by atoms with Gasteiger partial charge in [0.1, 0.15) is 6.61 Å². The highest BCUT2D eigenvalue weighted by Crippen LogP contribution is 2.51. The molecule has 0 bridgehead atoms. The molecule has 18 heavy (non-hydrogen) atoms. The molecule has 1 aliphatic heterocycles. The molecule has 2 atom stereocenters. The van der Waals surface area contributed by atoms with E-state index in [-0.39, 0.29) is 17.6 Å². The van der Waals surface area contributed by atoms with Crippen LogP contribution in [-0.4, -0.2) is 30.1 Å². The van der Waals surface area contributed by atoms with Gasteiger partial charge >= 0.3 is 6.09 Å². The topological polar surface area (TPSA) is 55.6 Å². The monoisotopic (exact) mass is 246 g/mol. The Morgan fingerprint density at radius 2 is 2.17 bits per heavy atom. The van der Waals surface area contributed by atoms with Gasteiger partial charge in [0.05, 0.1) is 0 Å². The van der Waals surface area contributed by atoms with E-state index in [1.54, 1.807) is 4.90 Å². The molecule has 4 nitrogen and oxygen atoms in total. The molecule has 0 aromatic heterocycles. The number of likely N-dealkylation sites (tertiary alicyclic amines) is 1. The SMILES string of the molecule is N[C@@H]1C[C@]12CCN(C(=O)OCc1ccccc1)C2. The van der Waals surface area contributed by atoms with Gasteiger partial charge in [-0.05, 0) is 18.4 Å². The quantitative estimate of drug-likeness (QED) is 0.865. The maximum atomic E-state index is 11.9. The summed E-state index contributed by atoms with van der Waals surface area (Å²) in [6.45, 7) is 1.89. The molecule has 0 radical (unpaired) electrons. The van der Waals surface area contributed by atoms with Crippen LogP contribution in [0.25, 0.3) is 0 Å². The highest BCUT2D eigenvalue weighted by atomic mass is 16.6. The second-order valence-electron chi connectivity index (χ2n) is 5.38. The molecule has 1 heterocycles. The van der Waals surface area contributed by atoms with E-state index < -0.39 is 0 Å². The molecular formula is C14H18N2O2. The maximum Gasteiger partial charge on any atom is 0.410 e. The molecule has 1 aliphatic carbocycles. The first-order chi connectivity index (χ1) is 8.70. The van der Waals surface area contributed by atoms with Crippen molar-refractivity contribution in [3.05, 3.63) is 35.9 Å². The van der Waals surface area contributed by atoms with Crippen molar-refractivity contribution in [1.29, 1.82) is 0 Å². The third-order valence-corrected chi connectivity index (χ3v) is 4.10. The number of carbonyl (C=O) groups is 1. The Kier molecular flexibility index (Phi) is 2.74. The van der Waals surface area contributed by atoms with Crippen LogP contribution >= 0.6 is 0 Å². The molecule has 1 saturated heterocycles. The minimum Gasteiger partial charge on any atom is -0.445 e. The number of carbonyl (C=O) groups excluding carboxylic acids is 1. The van der Waals surface area contributed by atoms with Crippen LogP contribution in [0, 0.1) is 5.41 Å². The Bertz CT molecular complexity index is 448. The van der Waals surface area contributed by atoms with Crippen molar-refractivity contribution in [2.75, 3.05) is 13.1 Å². The molecular weight excluding hydrogens is 228 g/mol. The van der Waals surface area contributed by atoms with Gasteiger partial charge in [0.25, 0.3) is 0 Å². The van der Waals surface area contributed by atoms with Crippen molar-refractivity contribution in [1.82, 2.24) is 4.90 Å². The van der Waals surface area contributed by atoms with E-state index in [9.17, 15) is 4.79 Å². The predicted octanol–water partition coefficient (Wildman–Crippen LogP) is 1.75. The van der Waals surface area contributed by atoms with Crippen molar-refractivity contribution >= 4 is 6.09 Å². The summed E-state index contributed by atoms with van der Waals surface area (Å²) in [5.74, 6) is 0. The lowest BCUT2D eigenvalue weighted by Crippen LogP contribution is -2.30. The molecule has 1 aromatic rings. The largest absolute Gasteiger partial charge is 0.445 e. The van der Waals surface area contributed by atoms with Crippen LogP contribution in [0.5, 0.6) is 0 Å². The van der Waals surface area contributed by atoms with Crippen molar-refractivity contribution in [3.8, 4) is 0 Å². The number of hydrogen-bond donors (Lipinski definition) is 1. The highest BCUT2D eigenvalue weighted by molar-refractivity contribution is 5.68. The molecule has 1 saturated carbocycles. The Balaban J connectivity index is 1.51. The van der Waals surface area contributed by atoms with Gasteiger partial charge in [-0.3, -0.25) is 0 Å². The second-order valence-corrected chi connectivity index (χ2v) is 5.38. The van der Waals surface area contributed by atoms with E-state index in [4.69, 9.17) is 10.5 Å². The zero-order chi connectivity index (χ0) is 12.6. The lowest BCUT2D eigenvalue weighted by atomic mass is 10.1. The molecule has 3 rings (SSSR count). The van der Waals surface area contributed by atoms with Crippen LogP contribution in [0.4, 0.5) is 4.79 Å². The van der Waals surface area contributed by atoms with Gasteiger partial charge in [-0.25, -0.2) is 4.79 Å². The molecule has 1 spiro atoms. The minimum atomic E-state index is -0.213. The summed E-state index contributed by atoms with van der Waals surface area (Å²) in [5, 5.41) is 0. The second kappa shape index (κ2) is 4.28. The van der Waals surface area contributed by atoms with Gasteiger partial charge in [-0.2, -0.15) is 0 Å². The summed E-state index contributed by atoms with van der Waals surface area (Å²) in [6.07, 6.45) is 1.86. The normalized spacial score (nSPS) is 29.6. The summed E-state index contributed by atoms with van der Waals surface area (Å²) in [7, 11) is 0. The number of hydrogen-bond acceptors (Lipinski definition) is 3. The first-order valence-corrected chi connectivity index (χ1v) is 6.41. The van der Waals surface area contributed by atoms with Crippen molar-refractivity contribution < 1.29 is 9.53 Å². The molecule has 2 fully saturated rings. The Morgan fingerprint density at radius 1 is 1.44 bits per heavy atom. The van der Waals surface area contributed by atoms with Crippen molar-refractivity contribution in [2.45, 2.75) is 25.5 Å². The molecule has 4 heteroatoms. The third-order valence-electron chi connectivity index (χ3n) is 4.10.